The molecule has 1 amide bonds. The van der Waals surface area contributed by atoms with E-state index in [0.717, 1.165) is 27.5 Å². The Hall–Kier alpha value is -2.87. The minimum absolute atomic E-state index is 0.0674. The molecule has 3 aromatic carbocycles. The van der Waals surface area contributed by atoms with Crippen LogP contribution in [0.15, 0.2) is 60.7 Å². The van der Waals surface area contributed by atoms with E-state index in [1.54, 1.807) is 6.26 Å². The summed E-state index contributed by atoms with van der Waals surface area (Å²) in [5, 5.41) is 14.1. The SMILES string of the molecule is CC(C(=O)Nc1cc(CN[S+](C)[O-])ccc1CCCC(=O)O)c1cccc2ccccc12. The highest BCUT2D eigenvalue weighted by Crippen LogP contribution is 2.28. The predicted molar refractivity (Wildman–Crippen MR) is 129 cm³/mol. The van der Waals surface area contributed by atoms with Crippen LogP contribution >= 0.6 is 0 Å². The van der Waals surface area contributed by atoms with Gasteiger partial charge in [-0.15, -0.1) is 4.72 Å². The monoisotopic (exact) mass is 452 g/mol. The van der Waals surface area contributed by atoms with Crippen LogP contribution in [0.4, 0.5) is 5.69 Å². The number of hydrogen-bond acceptors (Lipinski definition) is 4. The van der Waals surface area contributed by atoms with Crippen LogP contribution in [-0.4, -0.2) is 27.8 Å². The minimum Gasteiger partial charge on any atom is -0.598 e. The fraction of sp³-hybridized carbons (Fsp3) is 0.280. The Balaban J connectivity index is 1.84. The second-order valence-corrected chi connectivity index (χ2v) is 8.99. The molecule has 3 rings (SSSR count). The average molecular weight is 453 g/mol. The Labute approximate surface area is 191 Å². The number of hydrogen-bond donors (Lipinski definition) is 3. The number of amides is 1. The molecule has 0 bridgehead atoms. The summed E-state index contributed by atoms with van der Waals surface area (Å²) in [6, 6.07) is 19.6. The Morgan fingerprint density at radius 1 is 1.09 bits per heavy atom. The van der Waals surface area contributed by atoms with Crippen LogP contribution in [0.25, 0.3) is 10.8 Å². The van der Waals surface area contributed by atoms with Gasteiger partial charge in [-0.25, -0.2) is 0 Å². The molecular weight excluding hydrogens is 424 g/mol. The molecule has 3 N–H and O–H groups in total. The molecule has 0 aliphatic rings. The lowest BCUT2D eigenvalue weighted by Crippen LogP contribution is -2.22. The molecule has 0 aromatic heterocycles. The number of carbonyl (C=O) groups is 2. The number of aryl methyl sites for hydroxylation is 1. The van der Waals surface area contributed by atoms with Crippen LogP contribution in [-0.2, 0) is 33.9 Å². The third-order valence-corrected chi connectivity index (χ3v) is 5.98. The number of aliphatic carboxylic acids is 1. The van der Waals surface area contributed by atoms with Crippen molar-refractivity contribution in [3.05, 3.63) is 77.4 Å². The summed E-state index contributed by atoms with van der Waals surface area (Å²) in [4.78, 5) is 24.1. The molecular formula is C25H28N2O4S. The van der Waals surface area contributed by atoms with Gasteiger partial charge in [-0.05, 0) is 53.3 Å². The standard InChI is InChI=1S/C25H28N2O4S/c1-17(21-11-5-8-19-7-3-4-10-22(19)21)25(30)27-23-15-18(16-26-32(2)31)13-14-20(23)9-6-12-24(28)29/h3-5,7-8,10-11,13-15,17,26H,6,9,12,16H2,1-2H3,(H,27,30)(H,28,29). The number of rotatable bonds is 10. The van der Waals surface area contributed by atoms with E-state index in [1.165, 1.54) is 0 Å². The summed E-state index contributed by atoms with van der Waals surface area (Å²) in [6.07, 6.45) is 2.65. The van der Waals surface area contributed by atoms with Crippen molar-refractivity contribution in [3.63, 3.8) is 0 Å². The average Bonchev–Trinajstić information content (AvgIpc) is 2.77. The Bertz CT molecular complexity index is 1090. The Morgan fingerprint density at radius 2 is 1.84 bits per heavy atom. The molecule has 0 aliphatic carbocycles. The largest absolute Gasteiger partial charge is 0.598 e. The van der Waals surface area contributed by atoms with Crippen molar-refractivity contribution in [2.45, 2.75) is 38.6 Å². The lowest BCUT2D eigenvalue weighted by molar-refractivity contribution is -0.137. The number of carbonyl (C=O) groups excluding carboxylic acids is 1. The maximum atomic E-state index is 13.2. The van der Waals surface area contributed by atoms with Gasteiger partial charge in [-0.1, -0.05) is 54.6 Å². The second-order valence-electron chi connectivity index (χ2n) is 7.79. The van der Waals surface area contributed by atoms with Gasteiger partial charge in [0.15, 0.2) is 0 Å². The molecule has 168 valence electrons. The summed E-state index contributed by atoms with van der Waals surface area (Å²) < 4.78 is 14.3. The number of benzene rings is 3. The van der Waals surface area contributed by atoms with Crippen LogP contribution in [0.2, 0.25) is 0 Å². The summed E-state index contributed by atoms with van der Waals surface area (Å²) in [7, 11) is 0. The van der Waals surface area contributed by atoms with Crippen LogP contribution in [0.3, 0.4) is 0 Å². The first-order valence-electron chi connectivity index (χ1n) is 10.5. The zero-order valence-electron chi connectivity index (χ0n) is 18.3. The van der Waals surface area contributed by atoms with Gasteiger partial charge in [0.05, 0.1) is 12.5 Å². The number of anilines is 1. The summed E-state index contributed by atoms with van der Waals surface area (Å²) in [5.41, 5.74) is 3.38. The number of nitrogens with one attached hydrogen (secondary N) is 2. The first-order chi connectivity index (χ1) is 15.3. The molecule has 0 saturated heterocycles. The van der Waals surface area contributed by atoms with Gasteiger partial charge in [-0.3, -0.25) is 9.59 Å². The molecule has 3 aromatic rings. The van der Waals surface area contributed by atoms with Crippen molar-refractivity contribution in [1.29, 1.82) is 0 Å². The van der Waals surface area contributed by atoms with Gasteiger partial charge in [0, 0.05) is 23.5 Å². The minimum atomic E-state index is -1.15. The smallest absolute Gasteiger partial charge is 0.303 e. The van der Waals surface area contributed by atoms with Gasteiger partial charge in [0.2, 0.25) is 5.91 Å². The van der Waals surface area contributed by atoms with E-state index in [0.29, 0.717) is 25.1 Å². The highest BCUT2D eigenvalue weighted by atomic mass is 32.2. The van der Waals surface area contributed by atoms with E-state index < -0.39 is 17.3 Å². The molecule has 7 heteroatoms. The van der Waals surface area contributed by atoms with E-state index in [-0.39, 0.29) is 18.2 Å². The molecule has 0 spiro atoms. The van der Waals surface area contributed by atoms with E-state index >= 15 is 0 Å². The van der Waals surface area contributed by atoms with Gasteiger partial charge in [0.25, 0.3) is 0 Å². The van der Waals surface area contributed by atoms with Crippen LogP contribution in [0.1, 0.15) is 42.4 Å². The topological polar surface area (TPSA) is 101 Å². The highest BCUT2D eigenvalue weighted by molar-refractivity contribution is 7.88. The van der Waals surface area contributed by atoms with Gasteiger partial charge >= 0.3 is 5.97 Å². The molecule has 0 saturated carbocycles. The van der Waals surface area contributed by atoms with Crippen molar-refractivity contribution >= 4 is 39.7 Å². The maximum absolute atomic E-state index is 13.2. The van der Waals surface area contributed by atoms with Crippen molar-refractivity contribution in [2.75, 3.05) is 11.6 Å². The Kier molecular flexibility index (Phi) is 8.27. The second kappa shape index (κ2) is 11.1. The van der Waals surface area contributed by atoms with Gasteiger partial charge in [0.1, 0.15) is 6.26 Å². The van der Waals surface area contributed by atoms with E-state index in [1.807, 2.05) is 67.6 Å². The van der Waals surface area contributed by atoms with Crippen molar-refractivity contribution in [2.24, 2.45) is 0 Å². The van der Waals surface area contributed by atoms with Crippen molar-refractivity contribution in [3.8, 4) is 0 Å². The van der Waals surface area contributed by atoms with Gasteiger partial charge < -0.3 is 15.0 Å². The first-order valence-corrected chi connectivity index (χ1v) is 12.1. The van der Waals surface area contributed by atoms with Crippen LogP contribution in [0.5, 0.6) is 0 Å². The third-order valence-electron chi connectivity index (χ3n) is 5.43. The number of fused-ring (bicyclic) bond motifs is 1. The van der Waals surface area contributed by atoms with E-state index in [9.17, 15) is 14.1 Å². The zero-order chi connectivity index (χ0) is 23.1. The lowest BCUT2D eigenvalue weighted by atomic mass is 9.94. The highest BCUT2D eigenvalue weighted by Gasteiger charge is 2.19. The van der Waals surface area contributed by atoms with Crippen molar-refractivity contribution < 1.29 is 19.2 Å². The summed E-state index contributed by atoms with van der Waals surface area (Å²) >= 11 is -1.15. The van der Waals surface area contributed by atoms with Gasteiger partial charge in [-0.2, -0.15) is 0 Å². The van der Waals surface area contributed by atoms with E-state index in [4.69, 9.17) is 5.11 Å². The van der Waals surface area contributed by atoms with Crippen molar-refractivity contribution in [1.82, 2.24) is 4.72 Å². The molecule has 32 heavy (non-hydrogen) atoms. The molecule has 6 nitrogen and oxygen atoms in total. The number of carboxylic acids is 1. The quantitative estimate of drug-likeness (QED) is 0.397. The fourth-order valence-electron chi connectivity index (χ4n) is 3.69. The molecule has 0 fully saturated rings. The molecule has 0 aliphatic heterocycles. The fourth-order valence-corrected chi connectivity index (χ4v) is 4.06. The van der Waals surface area contributed by atoms with Crippen LogP contribution in [0, 0.1) is 0 Å². The first kappa shape index (κ1) is 23.8. The molecule has 2 unspecified atom stereocenters. The lowest BCUT2D eigenvalue weighted by Gasteiger charge is -2.18. The zero-order valence-corrected chi connectivity index (χ0v) is 19.1. The third kappa shape index (κ3) is 6.32. The maximum Gasteiger partial charge on any atom is 0.303 e. The normalized spacial score (nSPS) is 13.0. The predicted octanol–water partition coefficient (Wildman–Crippen LogP) is 4.37. The molecule has 0 radical (unpaired) electrons. The number of carboxylic acid groups (broad SMARTS) is 1. The van der Waals surface area contributed by atoms with Crippen LogP contribution < -0.4 is 10.0 Å². The Morgan fingerprint density at radius 3 is 2.59 bits per heavy atom. The molecule has 0 heterocycles. The molecule has 2 atom stereocenters. The summed E-state index contributed by atoms with van der Waals surface area (Å²) in [6.45, 7) is 2.28. The van der Waals surface area contributed by atoms with E-state index in [2.05, 4.69) is 10.0 Å². The summed E-state index contributed by atoms with van der Waals surface area (Å²) in [5.74, 6) is -1.35.